The molecule has 0 N–H and O–H groups in total. The highest BCUT2D eigenvalue weighted by atomic mass is 19.3. The van der Waals surface area contributed by atoms with Gasteiger partial charge in [-0.15, -0.1) is 0 Å². The molecule has 0 bridgehead atoms. The van der Waals surface area contributed by atoms with E-state index in [4.69, 9.17) is 0 Å². The zero-order valence-electron chi connectivity index (χ0n) is 8.63. The maximum absolute atomic E-state index is 13.4. The second-order valence-electron chi connectivity index (χ2n) is 4.12. The lowest BCUT2D eigenvalue weighted by atomic mass is 9.99. The van der Waals surface area contributed by atoms with Crippen LogP contribution in [-0.2, 0) is 6.42 Å². The van der Waals surface area contributed by atoms with E-state index in [0.717, 1.165) is 0 Å². The molecule has 2 heteroatoms. The zero-order chi connectivity index (χ0) is 10.6. The minimum absolute atomic E-state index is 0.0358. The molecular weight excluding hydrogens is 182 g/mol. The zero-order valence-corrected chi connectivity index (χ0v) is 8.63. The van der Waals surface area contributed by atoms with Crippen LogP contribution in [0.5, 0.6) is 0 Å². The minimum Gasteiger partial charge on any atom is -0.207 e. The number of alkyl halides is 2. The molecule has 0 amide bonds. The average Bonchev–Trinajstić information content (AvgIpc) is 2.02. The molecule has 1 aromatic carbocycles. The van der Waals surface area contributed by atoms with Crippen molar-refractivity contribution in [2.75, 3.05) is 0 Å². The molecule has 0 fully saturated rings. The number of halogens is 2. The van der Waals surface area contributed by atoms with Gasteiger partial charge in [-0.25, -0.2) is 8.78 Å². The highest BCUT2D eigenvalue weighted by molar-refractivity contribution is 5.16. The van der Waals surface area contributed by atoms with E-state index in [1.54, 1.807) is 24.3 Å². The summed E-state index contributed by atoms with van der Waals surface area (Å²) in [5.74, 6) is -2.54. The van der Waals surface area contributed by atoms with Gasteiger partial charge < -0.3 is 0 Å². The smallest absolute Gasteiger partial charge is 0.207 e. The van der Waals surface area contributed by atoms with Crippen molar-refractivity contribution in [2.45, 2.75) is 32.6 Å². The van der Waals surface area contributed by atoms with Crippen LogP contribution in [0, 0.1) is 5.92 Å². The van der Waals surface area contributed by atoms with E-state index in [1.165, 1.54) is 0 Å². The molecule has 0 saturated carbocycles. The van der Waals surface area contributed by atoms with Gasteiger partial charge in [0.25, 0.3) is 5.92 Å². The topological polar surface area (TPSA) is 0 Å². The summed E-state index contributed by atoms with van der Waals surface area (Å²) in [4.78, 5) is 0. The SMILES string of the molecule is CC(C)CC(F)(F)Cc1ccccc1. The lowest BCUT2D eigenvalue weighted by Gasteiger charge is -2.18. The first-order chi connectivity index (χ1) is 6.49. The van der Waals surface area contributed by atoms with Crippen molar-refractivity contribution in [3.8, 4) is 0 Å². The largest absolute Gasteiger partial charge is 0.252 e. The molecule has 1 rings (SSSR count). The van der Waals surface area contributed by atoms with Crippen molar-refractivity contribution in [1.82, 2.24) is 0 Å². The Morgan fingerprint density at radius 3 is 2.21 bits per heavy atom. The summed E-state index contributed by atoms with van der Waals surface area (Å²) >= 11 is 0. The van der Waals surface area contributed by atoms with Crippen molar-refractivity contribution < 1.29 is 8.78 Å². The summed E-state index contributed by atoms with van der Waals surface area (Å²) in [5.41, 5.74) is 0.707. The molecule has 0 heterocycles. The van der Waals surface area contributed by atoms with Crippen LogP contribution in [0.3, 0.4) is 0 Å². The van der Waals surface area contributed by atoms with Crippen LogP contribution in [-0.4, -0.2) is 5.92 Å². The van der Waals surface area contributed by atoms with Crippen molar-refractivity contribution in [2.24, 2.45) is 5.92 Å². The molecule has 0 aliphatic heterocycles. The molecule has 0 saturated heterocycles. The third kappa shape index (κ3) is 3.86. The summed E-state index contributed by atoms with van der Waals surface area (Å²) in [6, 6.07) is 8.91. The Bertz CT molecular complexity index is 265. The van der Waals surface area contributed by atoms with Gasteiger partial charge in [-0.2, -0.15) is 0 Å². The molecule has 0 aliphatic carbocycles. The highest BCUT2D eigenvalue weighted by Gasteiger charge is 2.29. The summed E-state index contributed by atoms with van der Waals surface area (Å²) in [6.07, 6.45) is -0.187. The van der Waals surface area contributed by atoms with Crippen LogP contribution in [0.15, 0.2) is 30.3 Å². The van der Waals surface area contributed by atoms with Gasteiger partial charge >= 0.3 is 0 Å². The predicted octanol–water partition coefficient (Wildman–Crippen LogP) is 3.91. The summed E-state index contributed by atoms with van der Waals surface area (Å²) in [7, 11) is 0. The van der Waals surface area contributed by atoms with E-state index in [9.17, 15) is 8.78 Å². The Kier molecular flexibility index (Phi) is 3.62. The van der Waals surface area contributed by atoms with Crippen molar-refractivity contribution in [3.63, 3.8) is 0 Å². The Morgan fingerprint density at radius 2 is 1.71 bits per heavy atom. The van der Waals surface area contributed by atoms with Gasteiger partial charge in [0.1, 0.15) is 0 Å². The average molecular weight is 198 g/mol. The van der Waals surface area contributed by atoms with E-state index in [0.29, 0.717) is 5.56 Å². The molecular formula is C12H16F2. The van der Waals surface area contributed by atoms with Crippen LogP contribution in [0.1, 0.15) is 25.8 Å². The summed E-state index contributed by atoms with van der Waals surface area (Å²) in [6.45, 7) is 3.64. The lowest BCUT2D eigenvalue weighted by Crippen LogP contribution is -2.21. The van der Waals surface area contributed by atoms with Gasteiger partial charge in [0.05, 0.1) is 0 Å². The number of rotatable bonds is 4. The van der Waals surface area contributed by atoms with Gasteiger partial charge in [-0.3, -0.25) is 0 Å². The van der Waals surface area contributed by atoms with Gasteiger partial charge in [-0.1, -0.05) is 44.2 Å². The molecule has 78 valence electrons. The van der Waals surface area contributed by atoms with Gasteiger partial charge in [0.2, 0.25) is 0 Å². The van der Waals surface area contributed by atoms with E-state index >= 15 is 0 Å². The number of hydrogen-bond acceptors (Lipinski definition) is 0. The third-order valence-electron chi connectivity index (χ3n) is 2.01. The van der Waals surface area contributed by atoms with E-state index in [2.05, 4.69) is 0 Å². The molecule has 0 nitrogen and oxygen atoms in total. The molecule has 1 aromatic rings. The summed E-state index contributed by atoms with van der Waals surface area (Å²) < 4.78 is 26.7. The Labute approximate surface area is 84.0 Å². The monoisotopic (exact) mass is 198 g/mol. The van der Waals surface area contributed by atoms with Crippen LogP contribution >= 0.6 is 0 Å². The van der Waals surface area contributed by atoms with Crippen LogP contribution < -0.4 is 0 Å². The molecule has 0 unspecified atom stereocenters. The molecule has 0 spiro atoms. The third-order valence-corrected chi connectivity index (χ3v) is 2.01. The maximum atomic E-state index is 13.4. The fourth-order valence-electron chi connectivity index (χ4n) is 1.56. The van der Waals surface area contributed by atoms with Crippen molar-refractivity contribution in [1.29, 1.82) is 0 Å². The molecule has 0 atom stereocenters. The Hall–Kier alpha value is -0.920. The van der Waals surface area contributed by atoms with Crippen LogP contribution in [0.4, 0.5) is 8.78 Å². The van der Waals surface area contributed by atoms with Gasteiger partial charge in [0, 0.05) is 12.8 Å². The Balaban J connectivity index is 2.59. The fraction of sp³-hybridized carbons (Fsp3) is 0.500. The van der Waals surface area contributed by atoms with E-state index < -0.39 is 5.92 Å². The van der Waals surface area contributed by atoms with Crippen molar-refractivity contribution in [3.05, 3.63) is 35.9 Å². The first kappa shape index (κ1) is 11.2. The fourth-order valence-corrected chi connectivity index (χ4v) is 1.56. The van der Waals surface area contributed by atoms with E-state index in [-0.39, 0.29) is 18.8 Å². The first-order valence-corrected chi connectivity index (χ1v) is 4.91. The molecule has 0 aromatic heterocycles. The second kappa shape index (κ2) is 4.54. The standard InChI is InChI=1S/C12H16F2/c1-10(2)8-12(13,14)9-11-6-4-3-5-7-11/h3-7,10H,8-9H2,1-2H3. The molecule has 14 heavy (non-hydrogen) atoms. The lowest BCUT2D eigenvalue weighted by molar-refractivity contribution is -0.0183. The van der Waals surface area contributed by atoms with Crippen molar-refractivity contribution >= 4 is 0 Å². The molecule has 0 aliphatic rings. The number of hydrogen-bond donors (Lipinski definition) is 0. The highest BCUT2D eigenvalue weighted by Crippen LogP contribution is 2.27. The maximum Gasteiger partial charge on any atom is 0.252 e. The predicted molar refractivity (Wildman–Crippen MR) is 54.5 cm³/mol. The number of benzene rings is 1. The van der Waals surface area contributed by atoms with Gasteiger partial charge in [-0.05, 0) is 11.5 Å². The minimum atomic E-state index is -2.57. The first-order valence-electron chi connectivity index (χ1n) is 4.91. The summed E-state index contributed by atoms with van der Waals surface area (Å²) in [5, 5.41) is 0. The van der Waals surface area contributed by atoms with Crippen LogP contribution in [0.25, 0.3) is 0 Å². The normalized spacial score (nSPS) is 12.1. The quantitative estimate of drug-likeness (QED) is 0.688. The van der Waals surface area contributed by atoms with Gasteiger partial charge in [0.15, 0.2) is 0 Å². The Morgan fingerprint density at radius 1 is 1.14 bits per heavy atom. The second-order valence-corrected chi connectivity index (χ2v) is 4.12. The van der Waals surface area contributed by atoms with Crippen LogP contribution in [0.2, 0.25) is 0 Å². The van der Waals surface area contributed by atoms with E-state index in [1.807, 2.05) is 19.9 Å². The molecule has 0 radical (unpaired) electrons.